The van der Waals surface area contributed by atoms with Crippen LogP contribution in [0.4, 0.5) is 0 Å². The molecule has 0 saturated heterocycles. The van der Waals surface area contributed by atoms with Crippen molar-refractivity contribution in [3.05, 3.63) is 30.6 Å². The van der Waals surface area contributed by atoms with E-state index in [0.29, 0.717) is 11.0 Å². The van der Waals surface area contributed by atoms with E-state index < -0.39 is 9.70 Å². The lowest BCUT2D eigenvalue weighted by Crippen LogP contribution is -2.25. The van der Waals surface area contributed by atoms with Gasteiger partial charge in [0.1, 0.15) is 6.33 Å². The van der Waals surface area contributed by atoms with Crippen LogP contribution in [0.3, 0.4) is 0 Å². The minimum Gasteiger partial charge on any atom is -0.269 e. The van der Waals surface area contributed by atoms with Crippen LogP contribution >= 0.6 is 34.8 Å². The molecule has 78 valence electrons. The lowest BCUT2D eigenvalue weighted by Gasteiger charge is -2.09. The summed E-state index contributed by atoms with van der Waals surface area (Å²) in [4.78, 5) is 15.7. The fraction of sp³-hybridized carbons (Fsp3) is 0.111. The molecule has 0 bridgehead atoms. The Morgan fingerprint density at radius 3 is 2.60 bits per heavy atom. The van der Waals surface area contributed by atoms with Crippen molar-refractivity contribution < 1.29 is 4.79 Å². The predicted molar refractivity (Wildman–Crippen MR) is 60.6 cm³/mol. The van der Waals surface area contributed by atoms with Crippen LogP contribution in [0, 0.1) is 0 Å². The molecule has 0 fully saturated rings. The van der Waals surface area contributed by atoms with E-state index in [4.69, 9.17) is 34.8 Å². The molecule has 0 spiro atoms. The van der Waals surface area contributed by atoms with E-state index in [1.54, 1.807) is 18.2 Å². The van der Waals surface area contributed by atoms with Crippen LogP contribution < -0.4 is 0 Å². The third-order valence-corrected chi connectivity index (χ3v) is 2.40. The molecule has 0 atom stereocenters. The van der Waals surface area contributed by atoms with Crippen LogP contribution in [0.25, 0.3) is 11.0 Å². The molecule has 0 aliphatic carbocycles. The maximum atomic E-state index is 11.7. The summed E-state index contributed by atoms with van der Waals surface area (Å²) in [5, 5.41) is 0. The van der Waals surface area contributed by atoms with Gasteiger partial charge in [-0.1, -0.05) is 46.9 Å². The minimum absolute atomic E-state index is 0.619. The molecule has 3 nitrogen and oxygen atoms in total. The molecule has 2 aromatic rings. The van der Waals surface area contributed by atoms with Crippen molar-refractivity contribution in [2.24, 2.45) is 0 Å². The van der Waals surface area contributed by atoms with Gasteiger partial charge in [-0.3, -0.25) is 9.36 Å². The number of aromatic nitrogens is 2. The number of hydrogen-bond acceptors (Lipinski definition) is 2. The molecule has 0 N–H and O–H groups in total. The van der Waals surface area contributed by atoms with Crippen LogP contribution in [0.2, 0.25) is 0 Å². The monoisotopic (exact) mass is 262 g/mol. The number of halogens is 3. The SMILES string of the molecule is O=C(n1cnc2ccccc21)C(Cl)(Cl)Cl. The Hall–Kier alpha value is -0.770. The predicted octanol–water partition coefficient (Wildman–Crippen LogP) is 3.05. The minimum atomic E-state index is -1.97. The van der Waals surface area contributed by atoms with Crippen LogP contribution in [0.15, 0.2) is 30.6 Å². The summed E-state index contributed by atoms with van der Waals surface area (Å²) in [5.74, 6) is -0.638. The Kier molecular flexibility index (Phi) is 2.63. The van der Waals surface area contributed by atoms with E-state index in [0.717, 1.165) is 0 Å². The van der Waals surface area contributed by atoms with Crippen LogP contribution in [-0.4, -0.2) is 19.3 Å². The first-order valence-electron chi connectivity index (χ1n) is 4.04. The number of nitrogens with zero attached hydrogens (tertiary/aromatic N) is 2. The largest absolute Gasteiger partial charge is 0.284 e. The highest BCUT2D eigenvalue weighted by molar-refractivity contribution is 6.76. The first-order valence-corrected chi connectivity index (χ1v) is 5.17. The Morgan fingerprint density at radius 2 is 1.93 bits per heavy atom. The zero-order valence-corrected chi connectivity index (χ0v) is 9.59. The van der Waals surface area contributed by atoms with Gasteiger partial charge in [-0.15, -0.1) is 0 Å². The van der Waals surface area contributed by atoms with Gasteiger partial charge in [0.15, 0.2) is 0 Å². The Morgan fingerprint density at radius 1 is 1.27 bits per heavy atom. The number of rotatable bonds is 0. The number of carbonyl (C=O) groups is 1. The topological polar surface area (TPSA) is 34.9 Å². The number of carbonyl (C=O) groups excluding carboxylic acids is 1. The van der Waals surface area contributed by atoms with E-state index in [1.807, 2.05) is 6.07 Å². The lowest BCUT2D eigenvalue weighted by molar-refractivity contribution is 0.0922. The van der Waals surface area contributed by atoms with Gasteiger partial charge in [0.25, 0.3) is 9.70 Å². The van der Waals surface area contributed by atoms with Crippen LogP contribution in [0.1, 0.15) is 4.79 Å². The molecule has 0 aliphatic rings. The summed E-state index contributed by atoms with van der Waals surface area (Å²) in [6.45, 7) is 0. The van der Waals surface area contributed by atoms with Gasteiger partial charge in [-0.25, -0.2) is 4.98 Å². The van der Waals surface area contributed by atoms with Gasteiger partial charge in [0.2, 0.25) is 0 Å². The normalized spacial score (nSPS) is 11.9. The number of hydrogen-bond donors (Lipinski definition) is 0. The molecule has 15 heavy (non-hydrogen) atoms. The standard InChI is InChI=1S/C9H5Cl3N2O/c10-9(11,12)8(15)14-5-13-6-3-1-2-4-7(6)14/h1-5H. The van der Waals surface area contributed by atoms with E-state index in [9.17, 15) is 4.79 Å². The van der Waals surface area contributed by atoms with Crippen LogP contribution in [0.5, 0.6) is 0 Å². The highest BCUT2D eigenvalue weighted by atomic mass is 35.6. The molecule has 0 unspecified atom stereocenters. The second-order valence-corrected chi connectivity index (χ2v) is 5.19. The van der Waals surface area contributed by atoms with Crippen molar-refractivity contribution in [1.29, 1.82) is 0 Å². The lowest BCUT2D eigenvalue weighted by atomic mass is 10.3. The van der Waals surface area contributed by atoms with E-state index in [-0.39, 0.29) is 0 Å². The van der Waals surface area contributed by atoms with Gasteiger partial charge in [0.05, 0.1) is 11.0 Å². The summed E-state index contributed by atoms with van der Waals surface area (Å²) < 4.78 is -0.744. The molecule has 0 aliphatic heterocycles. The molecule has 2 rings (SSSR count). The fourth-order valence-electron chi connectivity index (χ4n) is 1.26. The summed E-state index contributed by atoms with van der Waals surface area (Å²) in [6.07, 6.45) is 1.34. The highest BCUT2D eigenvalue weighted by Crippen LogP contribution is 2.29. The smallest absolute Gasteiger partial charge is 0.269 e. The molecule has 0 radical (unpaired) electrons. The summed E-state index contributed by atoms with van der Waals surface area (Å²) >= 11 is 16.5. The summed E-state index contributed by atoms with van der Waals surface area (Å²) in [6, 6.07) is 7.11. The van der Waals surface area contributed by atoms with Crippen molar-refractivity contribution in [2.45, 2.75) is 3.79 Å². The quantitative estimate of drug-likeness (QED) is 0.685. The van der Waals surface area contributed by atoms with Crippen molar-refractivity contribution in [3.8, 4) is 0 Å². The fourth-order valence-corrected chi connectivity index (χ4v) is 1.53. The number of fused-ring (bicyclic) bond motifs is 1. The van der Waals surface area contributed by atoms with Crippen molar-refractivity contribution >= 4 is 51.7 Å². The molecule has 1 aromatic carbocycles. The molecule has 6 heteroatoms. The Bertz CT molecular complexity index is 515. The van der Waals surface area contributed by atoms with Gasteiger partial charge in [-0.2, -0.15) is 0 Å². The van der Waals surface area contributed by atoms with E-state index in [2.05, 4.69) is 4.98 Å². The van der Waals surface area contributed by atoms with E-state index in [1.165, 1.54) is 10.9 Å². The van der Waals surface area contributed by atoms with Gasteiger partial charge < -0.3 is 0 Å². The molecule has 0 amide bonds. The Labute approximate surface area is 101 Å². The van der Waals surface area contributed by atoms with E-state index >= 15 is 0 Å². The number of imidazole rings is 1. The zero-order chi connectivity index (χ0) is 11.1. The van der Waals surface area contributed by atoms with Gasteiger partial charge in [-0.05, 0) is 12.1 Å². The second kappa shape index (κ2) is 3.67. The average molecular weight is 264 g/mol. The number of para-hydroxylation sites is 2. The third-order valence-electron chi connectivity index (χ3n) is 1.91. The number of benzene rings is 1. The van der Waals surface area contributed by atoms with Crippen molar-refractivity contribution in [1.82, 2.24) is 9.55 Å². The Balaban J connectivity index is 2.58. The molecule has 1 aromatic heterocycles. The van der Waals surface area contributed by atoms with Crippen molar-refractivity contribution in [3.63, 3.8) is 0 Å². The van der Waals surface area contributed by atoms with Gasteiger partial charge in [0, 0.05) is 0 Å². The third kappa shape index (κ3) is 1.95. The molecule has 0 saturated carbocycles. The summed E-state index contributed by atoms with van der Waals surface area (Å²) in [5.41, 5.74) is 1.30. The zero-order valence-electron chi connectivity index (χ0n) is 7.32. The molecular weight excluding hydrogens is 258 g/mol. The maximum Gasteiger partial charge on any atom is 0.284 e. The molecule has 1 heterocycles. The summed E-state index contributed by atoms with van der Waals surface area (Å²) in [7, 11) is 0. The second-order valence-electron chi connectivity index (χ2n) is 2.91. The first kappa shape index (κ1) is 10.7. The highest BCUT2D eigenvalue weighted by Gasteiger charge is 2.32. The first-order chi connectivity index (χ1) is 7.00. The van der Waals surface area contributed by atoms with Crippen molar-refractivity contribution in [2.75, 3.05) is 0 Å². The molecular formula is C9H5Cl3N2O. The maximum absolute atomic E-state index is 11.7. The van der Waals surface area contributed by atoms with Gasteiger partial charge >= 0.3 is 0 Å². The van der Waals surface area contributed by atoms with Crippen LogP contribution in [-0.2, 0) is 0 Å². The number of alkyl halides is 3. The average Bonchev–Trinajstić information content (AvgIpc) is 2.58.